The highest BCUT2D eigenvalue weighted by molar-refractivity contribution is 7.89. The Kier molecular flexibility index (Phi) is 5.85. The van der Waals surface area contributed by atoms with Gasteiger partial charge in [0.05, 0.1) is 11.4 Å². The topological polar surface area (TPSA) is 67.4 Å². The van der Waals surface area contributed by atoms with Gasteiger partial charge in [0.25, 0.3) is 0 Å². The summed E-state index contributed by atoms with van der Waals surface area (Å²) in [6.45, 7) is 1.27. The largest absolute Gasteiger partial charge is 0.377 e. The summed E-state index contributed by atoms with van der Waals surface area (Å²) >= 11 is 0. The van der Waals surface area contributed by atoms with E-state index in [-0.39, 0.29) is 11.4 Å². The third-order valence-electron chi connectivity index (χ3n) is 3.40. The summed E-state index contributed by atoms with van der Waals surface area (Å²) in [6.07, 6.45) is 4.60. The number of sulfonamides is 1. The Morgan fingerprint density at radius 1 is 1.29 bits per heavy atom. The molecule has 0 aromatic heterocycles. The van der Waals surface area contributed by atoms with Gasteiger partial charge in [-0.25, -0.2) is 13.1 Å². The summed E-state index contributed by atoms with van der Waals surface area (Å²) in [7, 11) is 0.381. The number of hydrogen-bond acceptors (Lipinski definition) is 4. The van der Waals surface area contributed by atoms with Crippen LogP contribution in [0.4, 0.5) is 0 Å². The molecule has 1 aliphatic rings. The Morgan fingerprint density at radius 2 is 2.00 bits per heavy atom. The molecular formula is C11H24N2O3S. The van der Waals surface area contributed by atoms with Gasteiger partial charge in [-0.1, -0.05) is 0 Å². The third kappa shape index (κ3) is 4.91. The molecular weight excluding hydrogens is 240 g/mol. The fraction of sp³-hybridized carbons (Fsp3) is 1.00. The highest BCUT2D eigenvalue weighted by atomic mass is 32.2. The van der Waals surface area contributed by atoms with E-state index in [1.54, 1.807) is 7.11 Å². The average molecular weight is 264 g/mol. The summed E-state index contributed by atoms with van der Waals surface area (Å²) in [6, 6.07) is 0. The molecule has 0 unspecified atom stereocenters. The lowest BCUT2D eigenvalue weighted by Gasteiger charge is -2.40. The zero-order valence-electron chi connectivity index (χ0n) is 10.8. The van der Waals surface area contributed by atoms with Crippen molar-refractivity contribution >= 4 is 10.0 Å². The van der Waals surface area contributed by atoms with Crippen molar-refractivity contribution in [3.05, 3.63) is 0 Å². The Hall–Kier alpha value is -0.170. The van der Waals surface area contributed by atoms with Gasteiger partial charge in [-0.3, -0.25) is 0 Å². The van der Waals surface area contributed by atoms with Crippen molar-refractivity contribution in [3.8, 4) is 0 Å². The van der Waals surface area contributed by atoms with Crippen molar-refractivity contribution in [2.75, 3.05) is 33.0 Å². The van der Waals surface area contributed by atoms with Crippen LogP contribution in [-0.2, 0) is 14.8 Å². The minimum atomic E-state index is -3.14. The maximum Gasteiger partial charge on any atom is 0.211 e. The molecule has 1 fully saturated rings. The molecule has 102 valence electrons. The molecule has 0 saturated heterocycles. The van der Waals surface area contributed by atoms with Crippen molar-refractivity contribution < 1.29 is 13.2 Å². The van der Waals surface area contributed by atoms with Crippen molar-refractivity contribution in [1.29, 1.82) is 0 Å². The second-order valence-electron chi connectivity index (χ2n) is 4.69. The molecule has 0 spiro atoms. The van der Waals surface area contributed by atoms with Crippen LogP contribution >= 0.6 is 0 Å². The molecule has 5 nitrogen and oxygen atoms in total. The molecule has 2 N–H and O–H groups in total. The van der Waals surface area contributed by atoms with Crippen molar-refractivity contribution in [1.82, 2.24) is 10.0 Å². The fourth-order valence-electron chi connectivity index (χ4n) is 1.93. The monoisotopic (exact) mass is 264 g/mol. The maximum atomic E-state index is 11.7. The number of methoxy groups -OCH3 is 1. The molecule has 0 amide bonds. The first kappa shape index (κ1) is 14.9. The van der Waals surface area contributed by atoms with E-state index < -0.39 is 10.0 Å². The van der Waals surface area contributed by atoms with E-state index >= 15 is 0 Å². The minimum Gasteiger partial charge on any atom is -0.377 e. The standard InChI is InChI=1S/C11H24N2O3S/c1-12-8-3-4-9-17(14,15)13-10-11(16-2)6-5-7-11/h12-13H,3-10H2,1-2H3. The number of ether oxygens (including phenoxy) is 1. The molecule has 0 bridgehead atoms. The third-order valence-corrected chi connectivity index (χ3v) is 4.81. The molecule has 1 saturated carbocycles. The molecule has 17 heavy (non-hydrogen) atoms. The van der Waals surface area contributed by atoms with E-state index in [1.807, 2.05) is 7.05 Å². The number of unbranched alkanes of at least 4 members (excludes halogenated alkanes) is 1. The summed E-state index contributed by atoms with van der Waals surface area (Å²) in [4.78, 5) is 0. The van der Waals surface area contributed by atoms with Gasteiger partial charge in [0, 0.05) is 13.7 Å². The van der Waals surface area contributed by atoms with Crippen LogP contribution < -0.4 is 10.0 Å². The molecule has 6 heteroatoms. The molecule has 0 aromatic rings. The van der Waals surface area contributed by atoms with Crippen molar-refractivity contribution in [2.45, 2.75) is 37.7 Å². The first-order chi connectivity index (χ1) is 8.04. The van der Waals surface area contributed by atoms with E-state index in [2.05, 4.69) is 10.0 Å². The minimum absolute atomic E-state index is 0.203. The summed E-state index contributed by atoms with van der Waals surface area (Å²) in [5, 5.41) is 3.00. The number of hydrogen-bond donors (Lipinski definition) is 2. The second kappa shape index (κ2) is 6.68. The first-order valence-corrected chi connectivity index (χ1v) is 7.86. The van der Waals surface area contributed by atoms with Gasteiger partial charge in [-0.15, -0.1) is 0 Å². The Bertz CT molecular complexity index is 307. The van der Waals surface area contributed by atoms with Crippen LogP contribution in [0.15, 0.2) is 0 Å². The molecule has 1 aliphatic carbocycles. The lowest BCUT2D eigenvalue weighted by atomic mass is 9.80. The molecule has 0 atom stereocenters. The van der Waals surface area contributed by atoms with Crippen LogP contribution in [0.3, 0.4) is 0 Å². The maximum absolute atomic E-state index is 11.7. The predicted octanol–water partition coefficient (Wildman–Crippen LogP) is 0.475. The predicted molar refractivity (Wildman–Crippen MR) is 68.5 cm³/mol. The van der Waals surface area contributed by atoms with Gasteiger partial charge < -0.3 is 10.1 Å². The SMILES string of the molecule is CNCCCCS(=O)(=O)NCC1(OC)CCC1. The van der Waals surface area contributed by atoms with E-state index in [9.17, 15) is 8.42 Å². The van der Waals surface area contributed by atoms with Gasteiger partial charge in [-0.05, 0) is 45.7 Å². The van der Waals surface area contributed by atoms with Gasteiger partial charge in [0.2, 0.25) is 10.0 Å². The molecule has 0 aliphatic heterocycles. The van der Waals surface area contributed by atoms with Crippen LogP contribution in [0.25, 0.3) is 0 Å². The van der Waals surface area contributed by atoms with E-state index in [0.29, 0.717) is 13.0 Å². The normalized spacial score (nSPS) is 18.9. The highest BCUT2D eigenvalue weighted by Crippen LogP contribution is 2.34. The Labute approximate surface area is 104 Å². The van der Waals surface area contributed by atoms with Gasteiger partial charge in [-0.2, -0.15) is 0 Å². The zero-order chi connectivity index (χ0) is 12.8. The van der Waals surface area contributed by atoms with Gasteiger partial charge in [0.15, 0.2) is 0 Å². The second-order valence-corrected chi connectivity index (χ2v) is 6.62. The highest BCUT2D eigenvalue weighted by Gasteiger charge is 2.37. The van der Waals surface area contributed by atoms with Crippen LogP contribution in [0.5, 0.6) is 0 Å². The number of rotatable bonds is 9. The van der Waals surface area contributed by atoms with Crippen molar-refractivity contribution in [3.63, 3.8) is 0 Å². The molecule has 0 heterocycles. The average Bonchev–Trinajstić information content (AvgIpc) is 2.24. The lowest BCUT2D eigenvalue weighted by molar-refractivity contribution is -0.0659. The smallest absolute Gasteiger partial charge is 0.211 e. The summed E-state index contributed by atoms with van der Waals surface area (Å²) in [5.41, 5.74) is -0.238. The van der Waals surface area contributed by atoms with Gasteiger partial charge >= 0.3 is 0 Å². The molecule has 0 radical (unpaired) electrons. The first-order valence-electron chi connectivity index (χ1n) is 6.21. The molecule has 0 aromatic carbocycles. The van der Waals surface area contributed by atoms with Gasteiger partial charge in [0.1, 0.15) is 0 Å². The Morgan fingerprint density at radius 3 is 2.47 bits per heavy atom. The van der Waals surface area contributed by atoms with E-state index in [1.165, 1.54) is 0 Å². The zero-order valence-corrected chi connectivity index (χ0v) is 11.6. The van der Waals surface area contributed by atoms with E-state index in [0.717, 1.165) is 32.2 Å². The summed E-state index contributed by atoms with van der Waals surface area (Å²) < 4.78 is 31.5. The van der Waals surface area contributed by atoms with Crippen LogP contribution in [0, 0.1) is 0 Å². The number of nitrogens with one attached hydrogen (secondary N) is 2. The van der Waals surface area contributed by atoms with E-state index in [4.69, 9.17) is 4.74 Å². The lowest BCUT2D eigenvalue weighted by Crippen LogP contribution is -2.49. The van der Waals surface area contributed by atoms with Crippen LogP contribution in [0.2, 0.25) is 0 Å². The quantitative estimate of drug-likeness (QED) is 0.594. The molecule has 1 rings (SSSR count). The Balaban J connectivity index is 2.24. The summed E-state index contributed by atoms with van der Waals surface area (Å²) in [5.74, 6) is 0.203. The van der Waals surface area contributed by atoms with Crippen LogP contribution in [-0.4, -0.2) is 47.0 Å². The van der Waals surface area contributed by atoms with Crippen LogP contribution in [0.1, 0.15) is 32.1 Å². The fourth-order valence-corrected chi connectivity index (χ4v) is 3.14. The van der Waals surface area contributed by atoms with Crippen molar-refractivity contribution in [2.24, 2.45) is 0 Å².